The fourth-order valence-electron chi connectivity index (χ4n) is 3.47. The quantitative estimate of drug-likeness (QED) is 0.654. The topological polar surface area (TPSA) is 88.0 Å². The van der Waals surface area contributed by atoms with Crippen molar-refractivity contribution in [1.29, 1.82) is 0 Å². The van der Waals surface area contributed by atoms with Crippen LogP contribution >= 0.6 is 13.5 Å². The van der Waals surface area contributed by atoms with E-state index >= 15 is 0 Å². The first-order valence-corrected chi connectivity index (χ1v) is 9.64. The fraction of sp³-hybridized carbons (Fsp3) is 0.333. The van der Waals surface area contributed by atoms with Crippen molar-refractivity contribution in [1.82, 2.24) is 20.0 Å². The van der Waals surface area contributed by atoms with E-state index in [1.807, 2.05) is 42.7 Å². The first-order valence-electron chi connectivity index (χ1n) is 9.64. The minimum absolute atomic E-state index is 0. The van der Waals surface area contributed by atoms with Gasteiger partial charge in [-0.3, -0.25) is 4.79 Å². The summed E-state index contributed by atoms with van der Waals surface area (Å²) in [5.41, 5.74) is 5.76. The number of carbonyl (C=O) groups is 1. The van der Waals surface area contributed by atoms with Crippen molar-refractivity contribution >= 4 is 36.6 Å². The minimum Gasteiger partial charge on any atom is -0.364 e. The molecule has 1 aromatic carbocycles. The van der Waals surface area contributed by atoms with Crippen LogP contribution in [0, 0.1) is 13.8 Å². The molecule has 9 heteroatoms. The maximum atomic E-state index is 12.1. The molecular weight excluding hydrogens is 398 g/mol. The summed E-state index contributed by atoms with van der Waals surface area (Å²) in [6.07, 6.45) is 1.94. The van der Waals surface area contributed by atoms with Gasteiger partial charge < -0.3 is 15.5 Å². The highest BCUT2D eigenvalue weighted by Gasteiger charge is 2.28. The lowest BCUT2D eigenvalue weighted by molar-refractivity contribution is -0.117. The van der Waals surface area contributed by atoms with E-state index in [0.717, 1.165) is 28.6 Å². The van der Waals surface area contributed by atoms with Crippen molar-refractivity contribution < 1.29 is 4.79 Å². The van der Waals surface area contributed by atoms with Crippen LogP contribution in [0.4, 0.5) is 17.2 Å². The third-order valence-electron chi connectivity index (χ3n) is 5.23. The van der Waals surface area contributed by atoms with Crippen LogP contribution in [0.1, 0.15) is 29.4 Å². The molecule has 0 aliphatic carbocycles. The Hall–Kier alpha value is -3.07. The number of likely N-dealkylation sites (N-methyl/N-ethyl adjacent to an activating group) is 1. The standard InChI is InChI=1S/C21H25N7O.H2S/c1-13-6-5-7-16(8-13)11-28-12-17(25-26-28)10-22-19-9-18-20(14(2)23-19)24-21(29)15(3)27(18)4;/h5-9,12,15H,10-11H2,1-4H3,(H,22,23)(H,24,29);1H2/t15-;/m0./s1. The van der Waals surface area contributed by atoms with Gasteiger partial charge in [-0.15, -0.1) is 5.10 Å². The zero-order chi connectivity index (χ0) is 20.5. The SMILES string of the molecule is Cc1cccc(Cn2cc(CNc3cc4c(c(C)n3)NC(=O)[C@H](C)N4C)nn2)c1.S. The van der Waals surface area contributed by atoms with E-state index in [0.29, 0.717) is 13.1 Å². The maximum absolute atomic E-state index is 12.1. The Morgan fingerprint density at radius 3 is 2.80 bits per heavy atom. The molecule has 1 amide bonds. The molecule has 0 bridgehead atoms. The van der Waals surface area contributed by atoms with Gasteiger partial charge in [0.05, 0.1) is 36.4 Å². The second kappa shape index (κ2) is 8.74. The van der Waals surface area contributed by atoms with Gasteiger partial charge in [0.25, 0.3) is 0 Å². The molecule has 1 atom stereocenters. The molecule has 4 rings (SSSR count). The number of nitrogens with zero attached hydrogens (tertiary/aromatic N) is 5. The monoisotopic (exact) mass is 425 g/mol. The number of fused-ring (bicyclic) bond motifs is 1. The highest BCUT2D eigenvalue weighted by Crippen LogP contribution is 2.34. The van der Waals surface area contributed by atoms with Crippen LogP contribution in [0.3, 0.4) is 0 Å². The molecule has 2 aromatic heterocycles. The number of amides is 1. The van der Waals surface area contributed by atoms with E-state index in [1.165, 1.54) is 11.1 Å². The first-order chi connectivity index (χ1) is 13.9. The molecule has 0 unspecified atom stereocenters. The van der Waals surface area contributed by atoms with Crippen molar-refractivity contribution in [2.45, 2.75) is 39.9 Å². The number of pyridine rings is 1. The van der Waals surface area contributed by atoms with E-state index in [4.69, 9.17) is 0 Å². The van der Waals surface area contributed by atoms with Crippen LogP contribution in [-0.4, -0.2) is 39.0 Å². The van der Waals surface area contributed by atoms with Gasteiger partial charge in [-0.1, -0.05) is 35.0 Å². The number of nitrogens with one attached hydrogen (secondary N) is 2. The Morgan fingerprint density at radius 2 is 2.03 bits per heavy atom. The molecule has 158 valence electrons. The Balaban J connectivity index is 0.00000256. The third-order valence-corrected chi connectivity index (χ3v) is 5.23. The molecule has 30 heavy (non-hydrogen) atoms. The average molecular weight is 426 g/mol. The summed E-state index contributed by atoms with van der Waals surface area (Å²) in [6, 6.07) is 10.1. The van der Waals surface area contributed by atoms with Gasteiger partial charge >= 0.3 is 0 Å². The van der Waals surface area contributed by atoms with Gasteiger partial charge in [-0.2, -0.15) is 13.5 Å². The first kappa shape index (κ1) is 21.6. The predicted molar refractivity (Wildman–Crippen MR) is 123 cm³/mol. The lowest BCUT2D eigenvalue weighted by Crippen LogP contribution is -2.44. The molecule has 3 heterocycles. The fourth-order valence-corrected chi connectivity index (χ4v) is 3.47. The molecule has 2 N–H and O–H groups in total. The normalized spacial score (nSPS) is 15.3. The molecule has 1 aliphatic rings. The zero-order valence-electron chi connectivity index (χ0n) is 17.6. The summed E-state index contributed by atoms with van der Waals surface area (Å²) in [4.78, 5) is 18.6. The summed E-state index contributed by atoms with van der Waals surface area (Å²) < 4.78 is 1.84. The van der Waals surface area contributed by atoms with E-state index in [-0.39, 0.29) is 25.4 Å². The molecule has 3 aromatic rings. The second-order valence-electron chi connectivity index (χ2n) is 7.51. The Kier molecular flexibility index (Phi) is 6.31. The Labute approximate surface area is 183 Å². The van der Waals surface area contributed by atoms with Crippen molar-refractivity contribution in [3.05, 3.63) is 59.0 Å². The lowest BCUT2D eigenvalue weighted by atomic mass is 10.1. The Bertz CT molecular complexity index is 1070. The smallest absolute Gasteiger partial charge is 0.246 e. The van der Waals surface area contributed by atoms with Crippen LogP contribution in [-0.2, 0) is 17.9 Å². The minimum atomic E-state index is -0.223. The summed E-state index contributed by atoms with van der Waals surface area (Å²) in [5, 5.41) is 14.7. The summed E-state index contributed by atoms with van der Waals surface area (Å²) in [5.74, 6) is 0.723. The second-order valence-corrected chi connectivity index (χ2v) is 7.51. The average Bonchev–Trinajstić information content (AvgIpc) is 3.13. The van der Waals surface area contributed by atoms with Gasteiger partial charge in [0.15, 0.2) is 0 Å². The number of carbonyl (C=O) groups excluding carboxylic acids is 1. The van der Waals surface area contributed by atoms with Crippen molar-refractivity contribution in [2.75, 3.05) is 22.6 Å². The van der Waals surface area contributed by atoms with Gasteiger partial charge in [0.1, 0.15) is 17.6 Å². The van der Waals surface area contributed by atoms with Gasteiger partial charge in [-0.25, -0.2) is 9.67 Å². The lowest BCUT2D eigenvalue weighted by Gasteiger charge is -2.34. The summed E-state index contributed by atoms with van der Waals surface area (Å²) in [7, 11) is 1.92. The summed E-state index contributed by atoms with van der Waals surface area (Å²) >= 11 is 0. The van der Waals surface area contributed by atoms with Gasteiger partial charge in [-0.05, 0) is 26.3 Å². The van der Waals surface area contributed by atoms with Crippen LogP contribution in [0.5, 0.6) is 0 Å². The Morgan fingerprint density at radius 1 is 1.23 bits per heavy atom. The molecule has 0 spiro atoms. The van der Waals surface area contributed by atoms with Crippen molar-refractivity contribution in [3.63, 3.8) is 0 Å². The zero-order valence-corrected chi connectivity index (χ0v) is 18.6. The third kappa shape index (κ3) is 4.40. The molecule has 0 saturated heterocycles. The summed E-state index contributed by atoms with van der Waals surface area (Å²) in [6.45, 7) is 7.06. The van der Waals surface area contributed by atoms with E-state index in [1.54, 1.807) is 0 Å². The highest BCUT2D eigenvalue weighted by molar-refractivity contribution is 7.59. The van der Waals surface area contributed by atoms with E-state index in [2.05, 4.69) is 57.1 Å². The van der Waals surface area contributed by atoms with Crippen molar-refractivity contribution in [3.8, 4) is 0 Å². The van der Waals surface area contributed by atoms with E-state index in [9.17, 15) is 4.79 Å². The van der Waals surface area contributed by atoms with E-state index < -0.39 is 0 Å². The van der Waals surface area contributed by atoms with Crippen molar-refractivity contribution in [2.24, 2.45) is 0 Å². The molecule has 0 fully saturated rings. The van der Waals surface area contributed by atoms with Gasteiger partial charge in [0.2, 0.25) is 5.91 Å². The number of aromatic nitrogens is 4. The van der Waals surface area contributed by atoms with Crippen LogP contribution in [0.2, 0.25) is 0 Å². The number of rotatable bonds is 5. The maximum Gasteiger partial charge on any atom is 0.246 e. The molecule has 0 saturated carbocycles. The number of hydrogen-bond donors (Lipinski definition) is 2. The van der Waals surface area contributed by atoms with Gasteiger partial charge in [0, 0.05) is 13.1 Å². The largest absolute Gasteiger partial charge is 0.364 e. The molecule has 8 nitrogen and oxygen atoms in total. The molecular formula is C21H27N7OS. The molecule has 1 aliphatic heterocycles. The number of benzene rings is 1. The van der Waals surface area contributed by atoms with Crippen LogP contribution < -0.4 is 15.5 Å². The number of hydrogen-bond acceptors (Lipinski definition) is 6. The van der Waals surface area contributed by atoms with Crippen LogP contribution in [0.25, 0.3) is 0 Å². The van der Waals surface area contributed by atoms with Crippen LogP contribution in [0.15, 0.2) is 36.5 Å². The highest BCUT2D eigenvalue weighted by atomic mass is 32.1. The number of aryl methyl sites for hydroxylation is 2. The predicted octanol–water partition coefficient (Wildman–Crippen LogP) is 2.84. The molecule has 0 radical (unpaired) electrons. The number of anilines is 3.